The van der Waals surface area contributed by atoms with Gasteiger partial charge in [-0.15, -0.1) is 0 Å². The molecule has 100 valence electrons. The molecular formula is C14H27NOS. The Hall–Kier alpha value is 0.270. The lowest BCUT2D eigenvalue weighted by Crippen LogP contribution is -2.43. The summed E-state index contributed by atoms with van der Waals surface area (Å²) in [6.07, 6.45) is 9.41. The highest BCUT2D eigenvalue weighted by Crippen LogP contribution is 2.29. The minimum Gasteiger partial charge on any atom is -0.388 e. The molecule has 0 amide bonds. The normalized spacial score (nSPS) is 32.1. The second kappa shape index (κ2) is 6.44. The van der Waals surface area contributed by atoms with E-state index in [1.165, 1.54) is 38.5 Å². The Labute approximate surface area is 110 Å². The fourth-order valence-electron chi connectivity index (χ4n) is 2.99. The Morgan fingerprint density at radius 1 is 1.41 bits per heavy atom. The molecule has 1 aliphatic heterocycles. The lowest BCUT2D eigenvalue weighted by Gasteiger charge is -2.25. The third-order valence-electron chi connectivity index (χ3n) is 4.34. The van der Waals surface area contributed by atoms with Crippen molar-refractivity contribution < 1.29 is 5.11 Å². The summed E-state index contributed by atoms with van der Waals surface area (Å²) in [7, 11) is 0. The van der Waals surface area contributed by atoms with Gasteiger partial charge < -0.3 is 10.4 Å². The molecule has 1 heterocycles. The van der Waals surface area contributed by atoms with Crippen LogP contribution in [0.5, 0.6) is 0 Å². The van der Waals surface area contributed by atoms with Crippen molar-refractivity contribution in [3.05, 3.63) is 0 Å². The highest BCUT2D eigenvalue weighted by molar-refractivity contribution is 7.99. The molecule has 17 heavy (non-hydrogen) atoms. The number of hydrogen-bond donors (Lipinski definition) is 2. The zero-order valence-electron chi connectivity index (χ0n) is 11.1. The monoisotopic (exact) mass is 257 g/mol. The Bertz CT molecular complexity index is 222. The average molecular weight is 257 g/mol. The smallest absolute Gasteiger partial charge is 0.0869 e. The van der Waals surface area contributed by atoms with Crippen molar-refractivity contribution in [2.75, 3.05) is 18.1 Å². The van der Waals surface area contributed by atoms with E-state index < -0.39 is 5.60 Å². The molecule has 0 aromatic rings. The topological polar surface area (TPSA) is 32.3 Å². The van der Waals surface area contributed by atoms with Crippen LogP contribution in [0.2, 0.25) is 0 Å². The first-order chi connectivity index (χ1) is 8.18. The second-order valence-corrected chi connectivity index (χ2v) is 7.14. The van der Waals surface area contributed by atoms with Gasteiger partial charge in [0.1, 0.15) is 0 Å². The van der Waals surface area contributed by atoms with Crippen LogP contribution in [-0.2, 0) is 0 Å². The minimum absolute atomic E-state index is 0.424. The SMILES string of the molecule is CC(CCC1CCCC1)NCC1(O)CCSC1. The third-order valence-corrected chi connectivity index (χ3v) is 5.58. The lowest BCUT2D eigenvalue weighted by atomic mass is 9.98. The maximum atomic E-state index is 10.2. The van der Waals surface area contributed by atoms with E-state index in [-0.39, 0.29) is 0 Å². The van der Waals surface area contributed by atoms with Gasteiger partial charge >= 0.3 is 0 Å². The maximum Gasteiger partial charge on any atom is 0.0869 e. The summed E-state index contributed by atoms with van der Waals surface area (Å²) >= 11 is 1.88. The van der Waals surface area contributed by atoms with Crippen molar-refractivity contribution in [3.63, 3.8) is 0 Å². The van der Waals surface area contributed by atoms with Gasteiger partial charge in [-0.1, -0.05) is 25.7 Å². The number of thioether (sulfide) groups is 1. The average Bonchev–Trinajstić information content (AvgIpc) is 2.95. The van der Waals surface area contributed by atoms with Crippen molar-refractivity contribution in [2.24, 2.45) is 5.92 Å². The van der Waals surface area contributed by atoms with Crippen molar-refractivity contribution >= 4 is 11.8 Å². The first-order valence-electron chi connectivity index (χ1n) is 7.21. The zero-order chi connectivity index (χ0) is 12.1. The quantitative estimate of drug-likeness (QED) is 0.767. The summed E-state index contributed by atoms with van der Waals surface area (Å²) in [5.74, 6) is 3.02. The van der Waals surface area contributed by atoms with E-state index in [0.717, 1.165) is 30.4 Å². The summed E-state index contributed by atoms with van der Waals surface area (Å²) in [4.78, 5) is 0. The van der Waals surface area contributed by atoms with E-state index in [1.54, 1.807) is 0 Å². The maximum absolute atomic E-state index is 10.2. The van der Waals surface area contributed by atoms with E-state index in [2.05, 4.69) is 12.2 Å². The van der Waals surface area contributed by atoms with Gasteiger partial charge in [0, 0.05) is 18.3 Å². The number of nitrogens with one attached hydrogen (secondary N) is 1. The molecule has 0 spiro atoms. The first-order valence-corrected chi connectivity index (χ1v) is 8.37. The summed E-state index contributed by atoms with van der Waals surface area (Å²) in [6, 6.07) is 0.560. The molecule has 2 rings (SSSR count). The van der Waals surface area contributed by atoms with E-state index in [9.17, 15) is 5.11 Å². The van der Waals surface area contributed by atoms with Crippen molar-refractivity contribution in [3.8, 4) is 0 Å². The van der Waals surface area contributed by atoms with Crippen LogP contribution in [-0.4, -0.2) is 34.8 Å². The van der Waals surface area contributed by atoms with Crippen LogP contribution in [0.25, 0.3) is 0 Å². The predicted octanol–water partition coefficient (Wildman–Crippen LogP) is 2.80. The molecule has 1 saturated carbocycles. The summed E-state index contributed by atoms with van der Waals surface area (Å²) < 4.78 is 0. The van der Waals surface area contributed by atoms with Gasteiger partial charge in [0.2, 0.25) is 0 Å². The van der Waals surface area contributed by atoms with Crippen LogP contribution in [0.3, 0.4) is 0 Å². The van der Waals surface area contributed by atoms with Crippen LogP contribution in [0.1, 0.15) is 51.9 Å². The van der Waals surface area contributed by atoms with Gasteiger partial charge in [-0.25, -0.2) is 0 Å². The first kappa shape index (κ1) is 13.7. The Morgan fingerprint density at radius 3 is 2.82 bits per heavy atom. The molecule has 1 saturated heterocycles. The fraction of sp³-hybridized carbons (Fsp3) is 1.00. The van der Waals surface area contributed by atoms with Gasteiger partial charge in [-0.3, -0.25) is 0 Å². The van der Waals surface area contributed by atoms with Crippen molar-refractivity contribution in [1.29, 1.82) is 0 Å². The van der Waals surface area contributed by atoms with Gasteiger partial charge in [-0.05, 0) is 37.9 Å². The largest absolute Gasteiger partial charge is 0.388 e. The van der Waals surface area contributed by atoms with Gasteiger partial charge in [0.15, 0.2) is 0 Å². The van der Waals surface area contributed by atoms with Crippen LogP contribution < -0.4 is 5.32 Å². The highest BCUT2D eigenvalue weighted by atomic mass is 32.2. The lowest BCUT2D eigenvalue weighted by molar-refractivity contribution is 0.0646. The minimum atomic E-state index is -0.424. The zero-order valence-corrected chi connectivity index (χ0v) is 11.9. The van der Waals surface area contributed by atoms with E-state index in [4.69, 9.17) is 0 Å². The molecule has 2 aliphatic rings. The van der Waals surface area contributed by atoms with Crippen LogP contribution in [0.4, 0.5) is 0 Å². The second-order valence-electron chi connectivity index (χ2n) is 6.04. The van der Waals surface area contributed by atoms with Crippen LogP contribution in [0.15, 0.2) is 0 Å². The van der Waals surface area contributed by atoms with E-state index >= 15 is 0 Å². The number of aliphatic hydroxyl groups is 1. The van der Waals surface area contributed by atoms with Crippen LogP contribution in [0, 0.1) is 5.92 Å². The van der Waals surface area contributed by atoms with E-state index in [1.807, 2.05) is 11.8 Å². The molecular weight excluding hydrogens is 230 g/mol. The number of rotatable bonds is 6. The molecule has 1 aliphatic carbocycles. The van der Waals surface area contributed by atoms with Gasteiger partial charge in [0.25, 0.3) is 0 Å². The van der Waals surface area contributed by atoms with Gasteiger partial charge in [0.05, 0.1) is 5.60 Å². The predicted molar refractivity (Wildman–Crippen MR) is 75.5 cm³/mol. The molecule has 2 unspecified atom stereocenters. The third kappa shape index (κ3) is 4.46. The molecule has 2 N–H and O–H groups in total. The summed E-state index contributed by atoms with van der Waals surface area (Å²) in [5.41, 5.74) is -0.424. The van der Waals surface area contributed by atoms with Gasteiger partial charge in [-0.2, -0.15) is 11.8 Å². The molecule has 3 heteroatoms. The number of hydrogen-bond acceptors (Lipinski definition) is 3. The highest BCUT2D eigenvalue weighted by Gasteiger charge is 2.31. The van der Waals surface area contributed by atoms with Crippen molar-refractivity contribution in [2.45, 2.75) is 63.5 Å². The molecule has 2 fully saturated rings. The molecule has 0 radical (unpaired) electrons. The summed E-state index contributed by atoms with van der Waals surface area (Å²) in [5, 5.41) is 13.8. The molecule has 2 nitrogen and oxygen atoms in total. The Morgan fingerprint density at radius 2 is 2.18 bits per heavy atom. The fourth-order valence-corrected chi connectivity index (χ4v) is 4.28. The van der Waals surface area contributed by atoms with Crippen molar-refractivity contribution in [1.82, 2.24) is 5.32 Å². The Balaban J connectivity index is 1.58. The molecule has 0 bridgehead atoms. The standard InChI is InChI=1S/C14H27NOS/c1-12(6-7-13-4-2-3-5-13)15-10-14(16)8-9-17-11-14/h12-13,15-16H,2-11H2,1H3. The van der Waals surface area contributed by atoms with E-state index in [0.29, 0.717) is 6.04 Å². The molecule has 0 aromatic carbocycles. The molecule has 0 aromatic heterocycles. The summed E-state index contributed by atoms with van der Waals surface area (Å²) in [6.45, 7) is 3.05. The van der Waals surface area contributed by atoms with Crippen LogP contribution >= 0.6 is 11.8 Å². The molecule has 2 atom stereocenters. The Kier molecular flexibility index (Phi) is 5.19.